The van der Waals surface area contributed by atoms with Crippen molar-refractivity contribution < 1.29 is 19.8 Å². The van der Waals surface area contributed by atoms with E-state index >= 15 is 0 Å². The summed E-state index contributed by atoms with van der Waals surface area (Å²) < 4.78 is 0. The Kier molecular flexibility index (Phi) is 4.76. The van der Waals surface area contributed by atoms with Gasteiger partial charge in [-0.3, -0.25) is 4.79 Å². The smallest absolute Gasteiger partial charge is 0.328 e. The van der Waals surface area contributed by atoms with Gasteiger partial charge in [-0.05, 0) is 6.92 Å². The van der Waals surface area contributed by atoms with Gasteiger partial charge in [-0.2, -0.15) is 0 Å². The van der Waals surface area contributed by atoms with Gasteiger partial charge < -0.3 is 15.5 Å². The van der Waals surface area contributed by atoms with Crippen LogP contribution in [0.5, 0.6) is 0 Å². The van der Waals surface area contributed by atoms with Gasteiger partial charge in [0.05, 0.1) is 6.10 Å². The Labute approximate surface area is 76.1 Å². The number of hydrogen-bond acceptors (Lipinski definition) is 3. The van der Waals surface area contributed by atoms with Crippen molar-refractivity contribution in [3.05, 3.63) is 12.7 Å². The fourth-order valence-corrected chi connectivity index (χ4v) is 0.752. The maximum Gasteiger partial charge on any atom is 0.328 e. The van der Waals surface area contributed by atoms with Crippen molar-refractivity contribution in [2.45, 2.75) is 25.5 Å². The average molecular weight is 187 g/mol. The van der Waals surface area contributed by atoms with E-state index in [9.17, 15) is 9.59 Å². The summed E-state index contributed by atoms with van der Waals surface area (Å²) in [6.45, 7) is 4.63. The Morgan fingerprint density at radius 2 is 2.15 bits per heavy atom. The van der Waals surface area contributed by atoms with Crippen molar-refractivity contribution in [1.82, 2.24) is 5.32 Å². The van der Waals surface area contributed by atoms with Crippen LogP contribution in [0.2, 0.25) is 0 Å². The molecule has 0 aromatic heterocycles. The normalized spacial score (nSPS) is 14.3. The number of amides is 1. The molecule has 0 fully saturated rings. The first-order valence-corrected chi connectivity index (χ1v) is 3.80. The number of carbonyl (C=O) groups excluding carboxylic acids is 1. The molecule has 13 heavy (non-hydrogen) atoms. The minimum atomic E-state index is -1.26. The third-order valence-electron chi connectivity index (χ3n) is 1.39. The van der Waals surface area contributed by atoms with Gasteiger partial charge in [0, 0.05) is 6.42 Å². The van der Waals surface area contributed by atoms with Crippen molar-refractivity contribution in [1.29, 1.82) is 0 Å². The monoisotopic (exact) mass is 187 g/mol. The zero-order valence-corrected chi connectivity index (χ0v) is 7.36. The SMILES string of the molecule is C=CCC(=O)N[C@H](C(=O)O)[C@@H](C)O. The molecule has 2 atom stereocenters. The fraction of sp³-hybridized carbons (Fsp3) is 0.500. The predicted molar refractivity (Wildman–Crippen MR) is 46.1 cm³/mol. The van der Waals surface area contributed by atoms with Gasteiger partial charge in [0.25, 0.3) is 0 Å². The highest BCUT2D eigenvalue weighted by molar-refractivity contribution is 5.84. The Balaban J connectivity index is 4.18. The average Bonchev–Trinajstić information content (AvgIpc) is 1.99. The lowest BCUT2D eigenvalue weighted by molar-refractivity contribution is -0.144. The van der Waals surface area contributed by atoms with E-state index in [0.29, 0.717) is 0 Å². The minimum absolute atomic E-state index is 0.0382. The Bertz CT molecular complexity index is 212. The largest absolute Gasteiger partial charge is 0.480 e. The van der Waals surface area contributed by atoms with Crippen LogP contribution in [-0.4, -0.2) is 34.2 Å². The summed E-state index contributed by atoms with van der Waals surface area (Å²) in [4.78, 5) is 21.4. The molecule has 0 saturated carbocycles. The fourth-order valence-electron chi connectivity index (χ4n) is 0.752. The topological polar surface area (TPSA) is 86.6 Å². The summed E-state index contributed by atoms with van der Waals surface area (Å²) in [5, 5.41) is 19.7. The molecule has 0 aliphatic carbocycles. The van der Waals surface area contributed by atoms with E-state index in [1.165, 1.54) is 13.0 Å². The molecule has 0 rings (SSSR count). The highest BCUT2D eigenvalue weighted by atomic mass is 16.4. The molecule has 74 valence electrons. The number of carbonyl (C=O) groups is 2. The number of nitrogens with one attached hydrogen (secondary N) is 1. The summed E-state index contributed by atoms with van der Waals surface area (Å²) in [5.41, 5.74) is 0. The molecule has 0 unspecified atom stereocenters. The van der Waals surface area contributed by atoms with E-state index in [-0.39, 0.29) is 6.42 Å². The Morgan fingerprint density at radius 1 is 1.62 bits per heavy atom. The van der Waals surface area contributed by atoms with Crippen molar-refractivity contribution in [3.63, 3.8) is 0 Å². The molecule has 0 saturated heterocycles. The van der Waals surface area contributed by atoms with E-state index < -0.39 is 24.0 Å². The van der Waals surface area contributed by atoms with Crippen molar-refractivity contribution in [3.8, 4) is 0 Å². The molecular weight excluding hydrogens is 174 g/mol. The zero-order valence-electron chi connectivity index (χ0n) is 7.36. The molecule has 5 nitrogen and oxygen atoms in total. The molecule has 0 spiro atoms. The molecule has 0 aromatic rings. The van der Waals surface area contributed by atoms with Crippen LogP contribution in [0.15, 0.2) is 12.7 Å². The third kappa shape index (κ3) is 4.27. The van der Waals surface area contributed by atoms with Crippen LogP contribution in [0.25, 0.3) is 0 Å². The van der Waals surface area contributed by atoms with E-state index in [1.54, 1.807) is 0 Å². The lowest BCUT2D eigenvalue weighted by Crippen LogP contribution is -2.47. The van der Waals surface area contributed by atoms with Crippen LogP contribution in [-0.2, 0) is 9.59 Å². The summed E-state index contributed by atoms with van der Waals surface area (Å²) >= 11 is 0. The standard InChI is InChI=1S/C8H13NO4/c1-3-4-6(11)9-7(5(2)10)8(12)13/h3,5,7,10H,1,4H2,2H3,(H,9,11)(H,12,13)/t5-,7+/m1/s1. The zero-order chi connectivity index (χ0) is 10.4. The lowest BCUT2D eigenvalue weighted by atomic mass is 10.2. The van der Waals surface area contributed by atoms with Gasteiger partial charge in [-0.15, -0.1) is 6.58 Å². The van der Waals surface area contributed by atoms with Crippen LogP contribution in [0.3, 0.4) is 0 Å². The van der Waals surface area contributed by atoms with Crippen molar-refractivity contribution >= 4 is 11.9 Å². The minimum Gasteiger partial charge on any atom is -0.480 e. The number of hydrogen-bond donors (Lipinski definition) is 3. The first-order chi connectivity index (χ1) is 5.99. The molecule has 0 aromatic carbocycles. The van der Waals surface area contributed by atoms with E-state index in [2.05, 4.69) is 11.9 Å². The number of carboxylic acid groups (broad SMARTS) is 1. The maximum atomic E-state index is 10.9. The van der Waals surface area contributed by atoms with E-state index in [4.69, 9.17) is 10.2 Å². The van der Waals surface area contributed by atoms with Crippen LogP contribution in [0, 0.1) is 0 Å². The first-order valence-electron chi connectivity index (χ1n) is 3.80. The summed E-state index contributed by atoms with van der Waals surface area (Å²) in [6.07, 6.45) is 0.276. The second-order valence-electron chi connectivity index (χ2n) is 2.62. The van der Waals surface area contributed by atoms with Gasteiger partial charge in [-0.1, -0.05) is 6.08 Å². The number of aliphatic carboxylic acids is 1. The molecule has 0 aliphatic rings. The molecule has 0 radical (unpaired) electrons. The van der Waals surface area contributed by atoms with E-state index in [0.717, 1.165) is 0 Å². The predicted octanol–water partition coefficient (Wildman–Crippen LogP) is -0.487. The van der Waals surface area contributed by atoms with Crippen LogP contribution >= 0.6 is 0 Å². The molecular formula is C8H13NO4. The summed E-state index contributed by atoms with van der Waals surface area (Å²) in [7, 11) is 0. The van der Waals surface area contributed by atoms with Gasteiger partial charge in [0.1, 0.15) is 0 Å². The van der Waals surface area contributed by atoms with Gasteiger partial charge >= 0.3 is 5.97 Å². The number of aliphatic hydroxyl groups excluding tert-OH is 1. The molecule has 3 N–H and O–H groups in total. The molecule has 1 amide bonds. The number of aliphatic hydroxyl groups is 1. The highest BCUT2D eigenvalue weighted by Crippen LogP contribution is 1.94. The lowest BCUT2D eigenvalue weighted by Gasteiger charge is -2.16. The Hall–Kier alpha value is -1.36. The summed E-state index contributed by atoms with van der Waals surface area (Å²) in [6, 6.07) is -1.26. The maximum absolute atomic E-state index is 10.9. The van der Waals surface area contributed by atoms with Crippen LogP contribution < -0.4 is 5.32 Å². The van der Waals surface area contributed by atoms with Crippen molar-refractivity contribution in [2.24, 2.45) is 0 Å². The van der Waals surface area contributed by atoms with Crippen LogP contribution in [0.1, 0.15) is 13.3 Å². The molecule has 0 heterocycles. The number of rotatable bonds is 5. The third-order valence-corrected chi connectivity index (χ3v) is 1.39. The quantitative estimate of drug-likeness (QED) is 0.507. The molecule has 0 bridgehead atoms. The first kappa shape index (κ1) is 11.6. The second-order valence-corrected chi connectivity index (χ2v) is 2.62. The number of carboxylic acids is 1. The Morgan fingerprint density at radius 3 is 2.46 bits per heavy atom. The van der Waals surface area contributed by atoms with Crippen molar-refractivity contribution in [2.75, 3.05) is 0 Å². The highest BCUT2D eigenvalue weighted by Gasteiger charge is 2.24. The van der Waals surface area contributed by atoms with E-state index in [1.807, 2.05) is 0 Å². The van der Waals surface area contributed by atoms with Gasteiger partial charge in [0.2, 0.25) is 5.91 Å². The van der Waals surface area contributed by atoms with Gasteiger partial charge in [0.15, 0.2) is 6.04 Å². The molecule has 5 heteroatoms. The summed E-state index contributed by atoms with van der Waals surface area (Å²) in [5.74, 6) is -1.73. The second kappa shape index (κ2) is 5.31. The van der Waals surface area contributed by atoms with Crippen LogP contribution in [0.4, 0.5) is 0 Å². The molecule has 0 aliphatic heterocycles. The van der Waals surface area contributed by atoms with Gasteiger partial charge in [-0.25, -0.2) is 4.79 Å².